The maximum absolute atomic E-state index is 13.9. The van der Waals surface area contributed by atoms with E-state index in [0.29, 0.717) is 47.9 Å². The minimum atomic E-state index is -4.24. The summed E-state index contributed by atoms with van der Waals surface area (Å²) in [6.07, 6.45) is -2.49. The third-order valence-electron chi connectivity index (χ3n) is 8.42. The molecule has 190 valence electrons. The number of anilines is 1. The second-order valence-corrected chi connectivity index (χ2v) is 10.6. The Balaban J connectivity index is 1.43. The Morgan fingerprint density at radius 1 is 1.14 bits per heavy atom. The molecular formula is C26H28F3N5O2. The molecule has 1 unspecified atom stereocenters. The summed E-state index contributed by atoms with van der Waals surface area (Å²) in [5.41, 5.74) is 0.951. The molecule has 3 aliphatic carbocycles. The number of aryl methyl sites for hydroxylation is 2. The Bertz CT molecular complexity index is 1410. The first-order valence-electron chi connectivity index (χ1n) is 12.3. The highest BCUT2D eigenvalue weighted by Crippen LogP contribution is 2.70. The lowest BCUT2D eigenvalue weighted by Gasteiger charge is -2.39. The van der Waals surface area contributed by atoms with E-state index in [4.69, 9.17) is 9.72 Å². The molecule has 4 aliphatic rings. The summed E-state index contributed by atoms with van der Waals surface area (Å²) in [6.45, 7) is 5.28. The minimum absolute atomic E-state index is 0.0220. The van der Waals surface area contributed by atoms with E-state index in [2.05, 4.69) is 14.9 Å². The van der Waals surface area contributed by atoms with E-state index >= 15 is 0 Å². The smallest absolute Gasteiger partial charge is 0.370 e. The summed E-state index contributed by atoms with van der Waals surface area (Å²) in [7, 11) is 1.64. The number of alkyl halides is 3. The molecule has 0 amide bonds. The maximum Gasteiger partial charge on any atom is 0.394 e. The molecule has 0 aromatic carbocycles. The highest BCUT2D eigenvalue weighted by Gasteiger charge is 2.69. The number of aromatic nitrogens is 4. The first-order valence-corrected chi connectivity index (χ1v) is 12.3. The normalized spacial score (nSPS) is 27.9. The molecule has 3 aromatic rings. The molecule has 4 fully saturated rings. The Morgan fingerprint density at radius 3 is 2.61 bits per heavy atom. The molecule has 3 saturated carbocycles. The van der Waals surface area contributed by atoms with Crippen molar-refractivity contribution in [3.8, 4) is 0 Å². The van der Waals surface area contributed by atoms with Crippen LogP contribution < -0.4 is 10.5 Å². The number of morpholine rings is 1. The third kappa shape index (κ3) is 3.52. The molecule has 1 aliphatic heterocycles. The second-order valence-electron chi connectivity index (χ2n) is 10.6. The molecule has 0 spiro atoms. The van der Waals surface area contributed by atoms with Crippen molar-refractivity contribution in [1.82, 2.24) is 19.5 Å². The number of hydrogen-bond donors (Lipinski definition) is 0. The van der Waals surface area contributed by atoms with Gasteiger partial charge in [0, 0.05) is 44.0 Å². The van der Waals surface area contributed by atoms with E-state index in [1.807, 2.05) is 19.1 Å². The van der Waals surface area contributed by atoms with Crippen LogP contribution in [0.15, 0.2) is 29.2 Å². The molecule has 0 radical (unpaired) electrons. The maximum atomic E-state index is 13.9. The van der Waals surface area contributed by atoms with Crippen LogP contribution >= 0.6 is 0 Å². The molecule has 0 N–H and O–H groups in total. The van der Waals surface area contributed by atoms with Crippen LogP contribution in [0.2, 0.25) is 0 Å². The summed E-state index contributed by atoms with van der Waals surface area (Å²) < 4.78 is 49.1. The van der Waals surface area contributed by atoms with Gasteiger partial charge >= 0.3 is 6.18 Å². The van der Waals surface area contributed by atoms with Gasteiger partial charge in [0.25, 0.3) is 5.56 Å². The van der Waals surface area contributed by atoms with Crippen molar-refractivity contribution in [2.24, 2.45) is 18.4 Å². The van der Waals surface area contributed by atoms with Gasteiger partial charge in [-0.15, -0.1) is 0 Å². The van der Waals surface area contributed by atoms with Crippen molar-refractivity contribution in [1.29, 1.82) is 0 Å². The molecule has 4 heterocycles. The third-order valence-corrected chi connectivity index (χ3v) is 8.42. The van der Waals surface area contributed by atoms with E-state index in [0.717, 1.165) is 11.3 Å². The number of ether oxygens (including phenoxy) is 1. The van der Waals surface area contributed by atoms with Gasteiger partial charge in [-0.3, -0.25) is 14.3 Å². The van der Waals surface area contributed by atoms with Crippen LogP contribution in [0.25, 0.3) is 10.9 Å². The van der Waals surface area contributed by atoms with Crippen LogP contribution in [0.5, 0.6) is 0 Å². The van der Waals surface area contributed by atoms with Crippen molar-refractivity contribution in [2.75, 3.05) is 24.6 Å². The second kappa shape index (κ2) is 7.99. The first kappa shape index (κ1) is 23.4. The lowest BCUT2D eigenvalue weighted by Crippen LogP contribution is -2.42. The van der Waals surface area contributed by atoms with Crippen LogP contribution in [-0.2, 0) is 11.8 Å². The van der Waals surface area contributed by atoms with Gasteiger partial charge in [0.1, 0.15) is 17.7 Å². The zero-order chi connectivity index (χ0) is 25.4. The molecule has 36 heavy (non-hydrogen) atoms. The Labute approximate surface area is 206 Å². The van der Waals surface area contributed by atoms with Crippen molar-refractivity contribution < 1.29 is 17.9 Å². The van der Waals surface area contributed by atoms with Gasteiger partial charge < -0.3 is 9.64 Å². The zero-order valence-electron chi connectivity index (χ0n) is 20.5. The number of halogens is 3. The van der Waals surface area contributed by atoms with Crippen molar-refractivity contribution in [3.05, 3.63) is 57.5 Å². The van der Waals surface area contributed by atoms with E-state index in [-0.39, 0.29) is 36.8 Å². The van der Waals surface area contributed by atoms with E-state index in [1.54, 1.807) is 26.2 Å². The van der Waals surface area contributed by atoms with Crippen LogP contribution in [0.1, 0.15) is 54.1 Å². The monoisotopic (exact) mass is 499 g/mol. The topological polar surface area (TPSA) is 73.1 Å². The lowest BCUT2D eigenvalue weighted by molar-refractivity contribution is -0.244. The molecule has 2 atom stereocenters. The average Bonchev–Trinajstić information content (AvgIpc) is 3.40. The number of hydrogen-bond acceptors (Lipinski definition) is 6. The molecule has 1 saturated heterocycles. The highest BCUT2D eigenvalue weighted by molar-refractivity contribution is 5.83. The SMILES string of the molecule is Cc1cc(C2CN(c3cc4nc(C)n(C)c(=O)c4c([C@H]4CC5(C(F)(F)F)CC4C5)n3)CCO2)ccn1. The zero-order valence-corrected chi connectivity index (χ0v) is 20.5. The highest BCUT2D eigenvalue weighted by atomic mass is 19.4. The van der Waals surface area contributed by atoms with Gasteiger partial charge in [-0.1, -0.05) is 0 Å². The fraction of sp³-hybridized carbons (Fsp3) is 0.538. The summed E-state index contributed by atoms with van der Waals surface area (Å²) in [5, 5.41) is 0.344. The Hall–Kier alpha value is -3.01. The summed E-state index contributed by atoms with van der Waals surface area (Å²) in [5.74, 6) is 0.638. The van der Waals surface area contributed by atoms with Crippen LogP contribution in [0, 0.1) is 25.2 Å². The average molecular weight is 500 g/mol. The Morgan fingerprint density at radius 2 is 1.92 bits per heavy atom. The van der Waals surface area contributed by atoms with E-state index in [1.165, 1.54) is 4.57 Å². The molecule has 7 nitrogen and oxygen atoms in total. The van der Waals surface area contributed by atoms with Gasteiger partial charge in [0.15, 0.2) is 0 Å². The summed E-state index contributed by atoms with van der Waals surface area (Å²) >= 11 is 0. The van der Waals surface area contributed by atoms with Gasteiger partial charge in [-0.05, 0) is 56.7 Å². The predicted octanol–water partition coefficient (Wildman–Crippen LogP) is 4.36. The van der Waals surface area contributed by atoms with Crippen LogP contribution in [-0.4, -0.2) is 45.4 Å². The number of pyridine rings is 2. The quantitative estimate of drug-likeness (QED) is 0.533. The van der Waals surface area contributed by atoms with E-state index < -0.39 is 17.5 Å². The lowest BCUT2D eigenvalue weighted by atomic mass is 9.68. The number of rotatable bonds is 3. The van der Waals surface area contributed by atoms with Crippen LogP contribution in [0.3, 0.4) is 0 Å². The number of fused-ring (bicyclic) bond motifs is 2. The van der Waals surface area contributed by atoms with Gasteiger partial charge in [-0.2, -0.15) is 13.2 Å². The van der Waals surface area contributed by atoms with E-state index in [9.17, 15) is 18.0 Å². The van der Waals surface area contributed by atoms with Crippen molar-refractivity contribution in [3.63, 3.8) is 0 Å². The minimum Gasteiger partial charge on any atom is -0.370 e. The molecule has 7 rings (SSSR count). The van der Waals surface area contributed by atoms with Crippen molar-refractivity contribution >= 4 is 16.7 Å². The van der Waals surface area contributed by atoms with Crippen LogP contribution in [0.4, 0.5) is 19.0 Å². The van der Waals surface area contributed by atoms with Gasteiger partial charge in [0.05, 0.1) is 28.6 Å². The summed E-state index contributed by atoms with van der Waals surface area (Å²) in [6, 6.07) is 5.72. The fourth-order valence-corrected chi connectivity index (χ4v) is 6.32. The van der Waals surface area contributed by atoms with Gasteiger partial charge in [-0.25, -0.2) is 9.97 Å². The number of nitrogens with zero attached hydrogens (tertiary/aromatic N) is 5. The predicted molar refractivity (Wildman–Crippen MR) is 128 cm³/mol. The molecule has 10 heteroatoms. The Kier molecular flexibility index (Phi) is 5.19. The molecular weight excluding hydrogens is 471 g/mol. The molecule has 3 aromatic heterocycles. The van der Waals surface area contributed by atoms with Crippen molar-refractivity contribution in [2.45, 2.75) is 51.3 Å². The fourth-order valence-electron chi connectivity index (χ4n) is 6.32. The standard InChI is InChI=1S/C26H28F3N5O2/c1-14-8-16(4-5-30-14)20-13-34(6-7-36-20)21-9-19-22(24(35)33(3)15(2)31-19)23(32-21)18-12-25(26(27,28)29)10-17(18)11-25/h4-5,8-9,17-18,20H,6-7,10-13H2,1-3H3/t17?,18-,20?,25?/m0/s1. The first-order chi connectivity index (χ1) is 17.1. The molecule has 2 bridgehead atoms. The summed E-state index contributed by atoms with van der Waals surface area (Å²) in [4.78, 5) is 29.2. The largest absolute Gasteiger partial charge is 0.394 e. The van der Waals surface area contributed by atoms with Gasteiger partial charge in [0.2, 0.25) is 0 Å².